The molecule has 5 heteroatoms. The first-order chi connectivity index (χ1) is 12.1. The lowest BCUT2D eigenvalue weighted by Crippen LogP contribution is -2.70. The normalized spacial score (nSPS) is 37.4. The minimum atomic E-state index is -0.685. The Morgan fingerprint density at radius 2 is 1.96 bits per heavy atom. The maximum Gasteiger partial charge on any atom is 0.206 e. The Bertz CT molecular complexity index is 716. The minimum absolute atomic E-state index is 0.0289. The Morgan fingerprint density at radius 3 is 2.68 bits per heavy atom. The lowest BCUT2D eigenvalue weighted by Gasteiger charge is -2.60. The molecule has 4 atom stereocenters. The number of ether oxygens (including phenoxy) is 4. The summed E-state index contributed by atoms with van der Waals surface area (Å²) in [6.07, 6.45) is 4.03. The average Bonchev–Trinajstić information content (AvgIpc) is 3.00. The van der Waals surface area contributed by atoms with Crippen LogP contribution in [0.1, 0.15) is 30.4 Å². The number of rotatable bonds is 3. The molecule has 1 saturated heterocycles. The summed E-state index contributed by atoms with van der Waals surface area (Å²) in [5.74, 6) is 1.66. The monoisotopic (exact) mass is 345 g/mol. The number of piperidine rings is 1. The van der Waals surface area contributed by atoms with Crippen LogP contribution in [-0.4, -0.2) is 57.8 Å². The Morgan fingerprint density at radius 1 is 1.16 bits per heavy atom. The van der Waals surface area contributed by atoms with E-state index in [4.69, 9.17) is 18.9 Å². The van der Waals surface area contributed by atoms with Crippen LogP contribution in [0.5, 0.6) is 11.5 Å². The quantitative estimate of drug-likeness (QED) is 0.787. The highest BCUT2D eigenvalue weighted by atomic mass is 16.7. The molecule has 1 saturated carbocycles. The zero-order valence-electron chi connectivity index (χ0n) is 15.5. The maximum absolute atomic E-state index is 6.64. The fourth-order valence-electron chi connectivity index (χ4n) is 6.36. The van der Waals surface area contributed by atoms with Crippen molar-refractivity contribution < 1.29 is 18.9 Å². The summed E-state index contributed by atoms with van der Waals surface area (Å²) >= 11 is 0. The topological polar surface area (TPSA) is 40.2 Å². The van der Waals surface area contributed by atoms with Gasteiger partial charge in [0.25, 0.3) is 0 Å². The average molecular weight is 345 g/mol. The smallest absolute Gasteiger partial charge is 0.206 e. The van der Waals surface area contributed by atoms with Crippen LogP contribution >= 0.6 is 0 Å². The Hall–Kier alpha value is -1.30. The van der Waals surface area contributed by atoms with Crippen molar-refractivity contribution in [2.24, 2.45) is 5.92 Å². The molecule has 25 heavy (non-hydrogen) atoms. The van der Waals surface area contributed by atoms with E-state index in [1.807, 2.05) is 0 Å². The van der Waals surface area contributed by atoms with Crippen LogP contribution < -0.4 is 9.47 Å². The van der Waals surface area contributed by atoms with Crippen LogP contribution in [0.25, 0.3) is 0 Å². The van der Waals surface area contributed by atoms with Crippen molar-refractivity contribution in [3.63, 3.8) is 0 Å². The summed E-state index contributed by atoms with van der Waals surface area (Å²) in [5.41, 5.74) is 2.76. The summed E-state index contributed by atoms with van der Waals surface area (Å²) in [5, 5.41) is 0. The van der Waals surface area contributed by atoms with Crippen LogP contribution in [0.15, 0.2) is 12.1 Å². The molecule has 2 aliphatic heterocycles. The highest BCUT2D eigenvalue weighted by Gasteiger charge is 2.70. The molecule has 1 spiro atoms. The van der Waals surface area contributed by atoms with Crippen molar-refractivity contribution in [3.05, 3.63) is 23.3 Å². The van der Waals surface area contributed by atoms with Gasteiger partial charge in [-0.1, -0.05) is 6.07 Å². The van der Waals surface area contributed by atoms with Crippen LogP contribution in [-0.2, 0) is 21.3 Å². The number of benzene rings is 1. The third-order valence-electron chi connectivity index (χ3n) is 7.49. The molecule has 2 aliphatic carbocycles. The van der Waals surface area contributed by atoms with Gasteiger partial charge in [-0.2, -0.15) is 0 Å². The van der Waals surface area contributed by atoms with Gasteiger partial charge in [-0.15, -0.1) is 0 Å². The first-order valence-corrected chi connectivity index (χ1v) is 9.29. The van der Waals surface area contributed by atoms with Crippen LogP contribution in [0.2, 0.25) is 0 Å². The zero-order chi connectivity index (χ0) is 17.4. The lowest BCUT2D eigenvalue weighted by molar-refractivity contribution is -0.292. The van der Waals surface area contributed by atoms with Crippen molar-refractivity contribution >= 4 is 0 Å². The molecule has 136 valence electrons. The van der Waals surface area contributed by atoms with Crippen molar-refractivity contribution in [1.82, 2.24) is 4.90 Å². The molecular weight excluding hydrogens is 318 g/mol. The van der Waals surface area contributed by atoms with Crippen molar-refractivity contribution in [1.29, 1.82) is 0 Å². The van der Waals surface area contributed by atoms with Gasteiger partial charge >= 0.3 is 0 Å². The second-order valence-corrected chi connectivity index (χ2v) is 8.04. The van der Waals surface area contributed by atoms with Crippen LogP contribution in [0.3, 0.4) is 0 Å². The minimum Gasteiger partial charge on any atom is -0.493 e. The first kappa shape index (κ1) is 15.9. The molecule has 0 unspecified atom stereocenters. The lowest BCUT2D eigenvalue weighted by atomic mass is 9.50. The summed E-state index contributed by atoms with van der Waals surface area (Å²) in [6, 6.07) is 4.86. The van der Waals surface area contributed by atoms with E-state index < -0.39 is 5.79 Å². The molecule has 0 N–H and O–H groups in total. The molecule has 5 nitrogen and oxygen atoms in total. The highest BCUT2D eigenvalue weighted by molar-refractivity contribution is 5.61. The molecule has 0 amide bonds. The SMILES string of the molecule is COc1ccc2c3c1O[C@@H]1C(OC)(OC)CC[C@@H]4[C@H](C2)N(C)CC[C@@]341. The van der Waals surface area contributed by atoms with E-state index in [2.05, 4.69) is 24.1 Å². The van der Waals surface area contributed by atoms with E-state index in [0.717, 1.165) is 43.7 Å². The van der Waals surface area contributed by atoms with E-state index in [-0.39, 0.29) is 11.5 Å². The molecule has 2 fully saturated rings. The van der Waals surface area contributed by atoms with Crippen molar-refractivity contribution in [2.45, 2.75) is 49.0 Å². The molecule has 0 aromatic heterocycles. The number of likely N-dealkylation sites (N-methyl/N-ethyl adjacent to an activating group) is 1. The van der Waals surface area contributed by atoms with Crippen molar-refractivity contribution in [3.8, 4) is 11.5 Å². The molecule has 0 radical (unpaired) electrons. The molecular formula is C20H27NO4. The number of nitrogens with zero attached hydrogens (tertiary/aromatic N) is 1. The number of hydrogen-bond acceptors (Lipinski definition) is 5. The van der Waals surface area contributed by atoms with Gasteiger partial charge in [0.15, 0.2) is 17.6 Å². The van der Waals surface area contributed by atoms with Crippen LogP contribution in [0, 0.1) is 5.92 Å². The third kappa shape index (κ3) is 1.70. The fraction of sp³-hybridized carbons (Fsp3) is 0.700. The van der Waals surface area contributed by atoms with Gasteiger partial charge in [-0.25, -0.2) is 0 Å². The highest BCUT2D eigenvalue weighted by Crippen LogP contribution is 2.65. The van der Waals surface area contributed by atoms with E-state index >= 15 is 0 Å². The van der Waals surface area contributed by atoms with Crippen molar-refractivity contribution in [2.75, 3.05) is 34.9 Å². The van der Waals surface area contributed by atoms with Gasteiger partial charge in [-0.05, 0) is 50.4 Å². The Labute approximate surface area is 149 Å². The number of hydrogen-bond donors (Lipinski definition) is 0. The summed E-state index contributed by atoms with van der Waals surface area (Å²) < 4.78 is 24.2. The van der Waals surface area contributed by atoms with E-state index in [1.54, 1.807) is 21.3 Å². The molecule has 2 heterocycles. The van der Waals surface area contributed by atoms with E-state index in [9.17, 15) is 0 Å². The van der Waals surface area contributed by atoms with Gasteiger partial charge in [0.1, 0.15) is 0 Å². The predicted molar refractivity (Wildman–Crippen MR) is 93.3 cm³/mol. The molecule has 4 aliphatic rings. The van der Waals surface area contributed by atoms with Gasteiger partial charge in [-0.3, -0.25) is 0 Å². The fourth-order valence-corrected chi connectivity index (χ4v) is 6.36. The molecule has 1 aromatic carbocycles. The zero-order valence-corrected chi connectivity index (χ0v) is 15.5. The van der Waals surface area contributed by atoms with E-state index in [1.165, 1.54) is 11.1 Å². The largest absolute Gasteiger partial charge is 0.493 e. The van der Waals surface area contributed by atoms with Gasteiger partial charge in [0.05, 0.1) is 7.11 Å². The predicted octanol–water partition coefficient (Wildman–Crippen LogP) is 2.35. The molecule has 2 bridgehead atoms. The van der Waals surface area contributed by atoms with Gasteiger partial charge in [0, 0.05) is 37.7 Å². The van der Waals surface area contributed by atoms with Gasteiger partial charge < -0.3 is 23.8 Å². The number of methoxy groups -OCH3 is 3. The van der Waals surface area contributed by atoms with Crippen LogP contribution in [0.4, 0.5) is 0 Å². The summed E-state index contributed by atoms with van der Waals surface area (Å²) in [7, 11) is 7.49. The third-order valence-corrected chi connectivity index (χ3v) is 7.49. The second kappa shape index (κ2) is 5.12. The first-order valence-electron chi connectivity index (χ1n) is 9.29. The Balaban J connectivity index is 1.78. The second-order valence-electron chi connectivity index (χ2n) is 8.04. The standard InChI is InChI=1S/C20H27NO4/c1-21-10-9-19-13-7-8-20(23-3,24-4)18(19)25-17-15(22-2)6-5-12(16(17)19)11-14(13)21/h5-6,13-14,18H,7-11H2,1-4H3/t13-,14+,18+,19+/m1/s1. The Kier molecular flexibility index (Phi) is 3.26. The van der Waals surface area contributed by atoms with Gasteiger partial charge in [0.2, 0.25) is 5.79 Å². The number of likely N-dealkylation sites (tertiary alicyclic amines) is 1. The van der Waals surface area contributed by atoms with E-state index in [0.29, 0.717) is 12.0 Å². The molecule has 5 rings (SSSR count). The molecule has 1 aromatic rings. The summed E-state index contributed by atoms with van der Waals surface area (Å²) in [6.45, 7) is 1.08. The maximum atomic E-state index is 6.64. The summed E-state index contributed by atoms with van der Waals surface area (Å²) in [4.78, 5) is 2.55.